The van der Waals surface area contributed by atoms with E-state index in [0.717, 1.165) is 42.1 Å². The van der Waals surface area contributed by atoms with Crippen LogP contribution in [0.1, 0.15) is 18.2 Å². The van der Waals surface area contributed by atoms with Crippen molar-refractivity contribution in [1.82, 2.24) is 29.4 Å². The molecule has 27 heavy (non-hydrogen) atoms. The second-order valence-electron chi connectivity index (χ2n) is 6.47. The van der Waals surface area contributed by atoms with E-state index < -0.39 is 0 Å². The predicted molar refractivity (Wildman–Crippen MR) is 101 cm³/mol. The van der Waals surface area contributed by atoms with Crippen LogP contribution in [0.2, 0.25) is 0 Å². The molecule has 3 aromatic heterocycles. The van der Waals surface area contributed by atoms with Crippen LogP contribution in [0, 0.1) is 0 Å². The molecular weight excluding hydrogens is 342 g/mol. The number of amides is 1. The van der Waals surface area contributed by atoms with Gasteiger partial charge >= 0.3 is 0 Å². The van der Waals surface area contributed by atoms with Crippen LogP contribution in [0.5, 0.6) is 0 Å². The number of anilines is 1. The van der Waals surface area contributed by atoms with Gasteiger partial charge in [-0.1, -0.05) is 0 Å². The molecule has 0 saturated heterocycles. The summed E-state index contributed by atoms with van der Waals surface area (Å²) >= 11 is 0. The Labute approximate surface area is 157 Å². The number of pyridine rings is 1. The van der Waals surface area contributed by atoms with E-state index in [4.69, 9.17) is 9.97 Å². The molecule has 1 aliphatic rings. The molecule has 3 aromatic rings. The molecule has 4 rings (SSSR count). The largest absolute Gasteiger partial charge is 0.368 e. The number of nitrogens with zero attached hydrogens (tertiary/aromatic N) is 6. The van der Waals surface area contributed by atoms with Crippen LogP contribution in [-0.2, 0) is 24.3 Å². The number of nitrogens with one attached hydrogen (secondary N) is 1. The molecule has 0 bridgehead atoms. The highest BCUT2D eigenvalue weighted by molar-refractivity contribution is 5.74. The van der Waals surface area contributed by atoms with Gasteiger partial charge in [0.2, 0.25) is 5.91 Å². The van der Waals surface area contributed by atoms with E-state index in [0.29, 0.717) is 18.9 Å². The fourth-order valence-corrected chi connectivity index (χ4v) is 3.20. The number of fused-ring (bicyclic) bond motifs is 1. The highest BCUT2D eigenvalue weighted by Gasteiger charge is 2.24. The lowest BCUT2D eigenvalue weighted by atomic mass is 10.0. The third kappa shape index (κ3) is 3.79. The number of imidazole rings is 1. The molecule has 8 heteroatoms. The van der Waals surface area contributed by atoms with Crippen LogP contribution in [0.3, 0.4) is 0 Å². The normalized spacial score (nSPS) is 13.3. The van der Waals surface area contributed by atoms with Gasteiger partial charge in [0.15, 0.2) is 5.82 Å². The summed E-state index contributed by atoms with van der Waals surface area (Å²) in [4.78, 5) is 31.3. The van der Waals surface area contributed by atoms with E-state index in [-0.39, 0.29) is 5.91 Å². The molecular formula is C19H21N7O. The average molecular weight is 363 g/mol. The van der Waals surface area contributed by atoms with Crippen LogP contribution in [-0.4, -0.2) is 48.4 Å². The summed E-state index contributed by atoms with van der Waals surface area (Å²) < 4.78 is 2.02. The van der Waals surface area contributed by atoms with Crippen molar-refractivity contribution >= 4 is 11.7 Å². The van der Waals surface area contributed by atoms with Gasteiger partial charge in [0.05, 0.1) is 18.6 Å². The lowest BCUT2D eigenvalue weighted by Crippen LogP contribution is -2.35. The van der Waals surface area contributed by atoms with Crippen LogP contribution in [0.15, 0.2) is 43.2 Å². The summed E-state index contributed by atoms with van der Waals surface area (Å²) in [5.41, 5.74) is 2.91. The third-order valence-electron chi connectivity index (χ3n) is 4.67. The molecule has 0 aliphatic carbocycles. The van der Waals surface area contributed by atoms with E-state index in [9.17, 15) is 4.79 Å². The monoisotopic (exact) mass is 363 g/mol. The van der Waals surface area contributed by atoms with Crippen molar-refractivity contribution in [1.29, 1.82) is 0 Å². The van der Waals surface area contributed by atoms with Crippen molar-refractivity contribution in [3.8, 4) is 11.4 Å². The molecule has 0 fully saturated rings. The first-order valence-corrected chi connectivity index (χ1v) is 8.96. The second kappa shape index (κ2) is 7.53. The summed E-state index contributed by atoms with van der Waals surface area (Å²) in [6.45, 7) is 4.33. The van der Waals surface area contributed by atoms with Gasteiger partial charge in [-0.15, -0.1) is 0 Å². The Bertz CT molecular complexity index is 925. The summed E-state index contributed by atoms with van der Waals surface area (Å²) in [6.07, 6.45) is 9.70. The fraction of sp³-hybridized carbons (Fsp3) is 0.316. The van der Waals surface area contributed by atoms with Crippen molar-refractivity contribution in [3.63, 3.8) is 0 Å². The van der Waals surface area contributed by atoms with Crippen LogP contribution in [0.4, 0.5) is 5.82 Å². The molecule has 0 radical (unpaired) electrons. The van der Waals surface area contributed by atoms with E-state index in [1.807, 2.05) is 27.8 Å². The molecule has 138 valence electrons. The Balaban J connectivity index is 1.64. The number of carbonyl (C=O) groups excluding carboxylic acids is 1. The minimum atomic E-state index is 0.0688. The van der Waals surface area contributed by atoms with E-state index >= 15 is 0 Å². The highest BCUT2D eigenvalue weighted by atomic mass is 16.2. The Morgan fingerprint density at radius 3 is 2.78 bits per heavy atom. The van der Waals surface area contributed by atoms with Crippen LogP contribution in [0.25, 0.3) is 11.4 Å². The van der Waals surface area contributed by atoms with Crippen molar-refractivity contribution in [3.05, 3.63) is 54.5 Å². The summed E-state index contributed by atoms with van der Waals surface area (Å²) in [5.74, 6) is 1.56. The Morgan fingerprint density at radius 1 is 1.19 bits per heavy atom. The lowest BCUT2D eigenvalue weighted by molar-refractivity contribution is -0.129. The maximum atomic E-state index is 11.8. The molecule has 0 unspecified atom stereocenters. The van der Waals surface area contributed by atoms with Gasteiger partial charge in [0.1, 0.15) is 5.82 Å². The molecule has 0 aromatic carbocycles. The molecule has 1 amide bonds. The topological polar surface area (TPSA) is 88.8 Å². The van der Waals surface area contributed by atoms with Gasteiger partial charge in [0, 0.05) is 62.5 Å². The minimum Gasteiger partial charge on any atom is -0.368 e. The summed E-state index contributed by atoms with van der Waals surface area (Å²) in [6, 6.07) is 3.78. The zero-order chi connectivity index (χ0) is 18.6. The SMILES string of the molecule is CC(=O)N1CCc2c(nc(-c3ccncc3)nc2NCCn2ccnc2)C1. The van der Waals surface area contributed by atoms with Gasteiger partial charge in [-0.25, -0.2) is 15.0 Å². The maximum absolute atomic E-state index is 11.8. The zero-order valence-electron chi connectivity index (χ0n) is 15.2. The van der Waals surface area contributed by atoms with Crippen LogP contribution >= 0.6 is 0 Å². The summed E-state index contributed by atoms with van der Waals surface area (Å²) in [5, 5.41) is 3.45. The third-order valence-corrected chi connectivity index (χ3v) is 4.67. The Morgan fingerprint density at radius 2 is 2.04 bits per heavy atom. The van der Waals surface area contributed by atoms with Crippen molar-refractivity contribution in [2.24, 2.45) is 0 Å². The summed E-state index contributed by atoms with van der Waals surface area (Å²) in [7, 11) is 0. The van der Waals surface area contributed by atoms with Crippen LogP contribution < -0.4 is 5.32 Å². The van der Waals surface area contributed by atoms with Crippen molar-refractivity contribution in [2.45, 2.75) is 26.4 Å². The van der Waals surface area contributed by atoms with Gasteiger partial charge in [0.25, 0.3) is 0 Å². The van der Waals surface area contributed by atoms with Gasteiger partial charge < -0.3 is 14.8 Å². The fourth-order valence-electron chi connectivity index (χ4n) is 3.20. The first kappa shape index (κ1) is 17.1. The number of hydrogen-bond acceptors (Lipinski definition) is 6. The molecule has 1 aliphatic heterocycles. The standard InChI is InChI=1S/C19H21N7O/c1-14(27)26-9-4-16-17(12-26)23-18(15-2-5-20-6-3-15)24-19(16)22-8-11-25-10-7-21-13-25/h2-3,5-7,10,13H,4,8-9,11-12H2,1H3,(H,22,23,24). The number of rotatable bonds is 5. The predicted octanol–water partition coefficient (Wildman–Crippen LogP) is 1.75. The lowest BCUT2D eigenvalue weighted by Gasteiger charge is -2.28. The second-order valence-corrected chi connectivity index (χ2v) is 6.47. The number of hydrogen-bond donors (Lipinski definition) is 1. The average Bonchev–Trinajstić information content (AvgIpc) is 3.21. The van der Waals surface area contributed by atoms with Gasteiger partial charge in [-0.2, -0.15) is 0 Å². The molecule has 0 atom stereocenters. The smallest absolute Gasteiger partial charge is 0.219 e. The quantitative estimate of drug-likeness (QED) is 0.743. The van der Waals surface area contributed by atoms with Crippen molar-refractivity contribution < 1.29 is 4.79 Å². The maximum Gasteiger partial charge on any atom is 0.219 e. The Kier molecular flexibility index (Phi) is 4.78. The first-order valence-electron chi connectivity index (χ1n) is 8.96. The van der Waals surface area contributed by atoms with Gasteiger partial charge in [-0.3, -0.25) is 9.78 Å². The highest BCUT2D eigenvalue weighted by Crippen LogP contribution is 2.27. The minimum absolute atomic E-state index is 0.0688. The number of carbonyl (C=O) groups is 1. The molecule has 0 spiro atoms. The Hall–Kier alpha value is -3.29. The molecule has 4 heterocycles. The van der Waals surface area contributed by atoms with Gasteiger partial charge in [-0.05, 0) is 18.6 Å². The molecule has 0 saturated carbocycles. The zero-order valence-corrected chi connectivity index (χ0v) is 15.2. The van der Waals surface area contributed by atoms with E-state index in [1.54, 1.807) is 31.8 Å². The first-order chi connectivity index (χ1) is 13.2. The molecule has 8 nitrogen and oxygen atoms in total. The van der Waals surface area contributed by atoms with E-state index in [2.05, 4.69) is 15.3 Å². The van der Waals surface area contributed by atoms with E-state index in [1.165, 1.54) is 0 Å². The molecule has 1 N–H and O–H groups in total. The van der Waals surface area contributed by atoms with Crippen molar-refractivity contribution in [2.75, 3.05) is 18.4 Å². The number of aromatic nitrogens is 5.